The van der Waals surface area contributed by atoms with Gasteiger partial charge in [0.05, 0.1) is 0 Å². The van der Waals surface area contributed by atoms with Crippen LogP contribution in [0, 0.1) is 17.8 Å². The summed E-state index contributed by atoms with van der Waals surface area (Å²) in [6.07, 6.45) is 3.61. The highest BCUT2D eigenvalue weighted by atomic mass is 35.5. The Morgan fingerprint density at radius 1 is 1.29 bits per heavy atom. The van der Waals surface area contributed by atoms with Crippen molar-refractivity contribution in [2.24, 2.45) is 17.8 Å². The average Bonchev–Trinajstić information content (AvgIpc) is 2.67. The van der Waals surface area contributed by atoms with Crippen LogP contribution < -0.4 is 4.74 Å². The lowest BCUT2D eigenvalue weighted by atomic mass is 9.75. The Labute approximate surface area is 173 Å². The van der Waals surface area contributed by atoms with Crippen molar-refractivity contribution < 1.29 is 19.0 Å². The summed E-state index contributed by atoms with van der Waals surface area (Å²) in [5.74, 6) is 0.938. The second kappa shape index (κ2) is 8.62. The molecule has 1 heterocycles. The van der Waals surface area contributed by atoms with Gasteiger partial charge in [0.1, 0.15) is 11.9 Å². The molecule has 1 aromatic carbocycles. The van der Waals surface area contributed by atoms with Gasteiger partial charge >= 0.3 is 5.97 Å². The molecule has 4 atom stereocenters. The summed E-state index contributed by atoms with van der Waals surface area (Å²) in [5, 5.41) is 0.551. The zero-order valence-electron chi connectivity index (χ0n) is 17.7. The second-order valence-corrected chi connectivity index (χ2v) is 9.14. The molecule has 0 saturated heterocycles. The van der Waals surface area contributed by atoms with Crippen LogP contribution in [0.1, 0.15) is 78.4 Å². The van der Waals surface area contributed by atoms with E-state index in [1.165, 1.54) is 6.42 Å². The highest BCUT2D eigenvalue weighted by molar-refractivity contribution is 6.30. The minimum Gasteiger partial charge on any atom is -0.462 e. The van der Waals surface area contributed by atoms with Crippen LogP contribution in [-0.4, -0.2) is 17.9 Å². The fourth-order valence-corrected chi connectivity index (χ4v) is 4.70. The molecule has 2 aliphatic rings. The third kappa shape index (κ3) is 4.33. The van der Waals surface area contributed by atoms with Crippen LogP contribution in [0.25, 0.3) is 0 Å². The summed E-state index contributed by atoms with van der Waals surface area (Å²) < 4.78 is 18.4. The van der Waals surface area contributed by atoms with Crippen molar-refractivity contribution >= 4 is 17.6 Å². The molecule has 0 radical (unpaired) electrons. The van der Waals surface area contributed by atoms with E-state index < -0.39 is 11.9 Å². The van der Waals surface area contributed by atoms with Crippen molar-refractivity contribution in [1.29, 1.82) is 0 Å². The van der Waals surface area contributed by atoms with E-state index in [1.54, 1.807) is 12.1 Å². The van der Waals surface area contributed by atoms with Crippen molar-refractivity contribution in [2.45, 2.75) is 84.7 Å². The highest BCUT2D eigenvalue weighted by Gasteiger charge is 2.44. The number of hydrogen-bond acceptors (Lipinski definition) is 4. The lowest BCUT2D eigenvalue weighted by molar-refractivity contribution is -0.242. The predicted octanol–water partition coefficient (Wildman–Crippen LogP) is 6.31. The molecule has 0 aromatic heterocycles. The van der Waals surface area contributed by atoms with Gasteiger partial charge in [0, 0.05) is 23.4 Å². The molecule has 0 unspecified atom stereocenters. The van der Waals surface area contributed by atoms with E-state index in [0.29, 0.717) is 46.9 Å². The molecule has 1 fully saturated rings. The van der Waals surface area contributed by atoms with E-state index in [9.17, 15) is 4.79 Å². The first-order chi connectivity index (χ1) is 13.3. The Hall–Kier alpha value is -1.26. The van der Waals surface area contributed by atoms with E-state index in [-0.39, 0.29) is 12.1 Å². The molecule has 0 N–H and O–H groups in total. The fraction of sp³-hybridized carbons (Fsp3) is 0.696. The molecule has 0 amide bonds. The minimum atomic E-state index is -0.818. The van der Waals surface area contributed by atoms with Crippen molar-refractivity contribution in [3.63, 3.8) is 0 Å². The minimum absolute atomic E-state index is 0.0667. The molecule has 5 heteroatoms. The summed E-state index contributed by atoms with van der Waals surface area (Å²) in [6, 6.07) is 5.35. The summed E-state index contributed by atoms with van der Waals surface area (Å²) in [6.45, 7) is 10.7. The van der Waals surface area contributed by atoms with Crippen LogP contribution in [0.3, 0.4) is 0 Å². The number of carbonyl (C=O) groups excluding carboxylic acids is 1. The topological polar surface area (TPSA) is 44.8 Å². The first-order valence-corrected chi connectivity index (χ1v) is 11.0. The normalized spacial score (nSPS) is 29.1. The quantitative estimate of drug-likeness (QED) is 0.535. The van der Waals surface area contributed by atoms with Crippen LogP contribution >= 0.6 is 11.6 Å². The van der Waals surface area contributed by atoms with Crippen molar-refractivity contribution in [3.05, 3.63) is 28.8 Å². The summed E-state index contributed by atoms with van der Waals surface area (Å²) in [7, 11) is 0. The van der Waals surface area contributed by atoms with Gasteiger partial charge in [-0.1, -0.05) is 52.6 Å². The fourth-order valence-electron chi connectivity index (χ4n) is 4.52. The van der Waals surface area contributed by atoms with Gasteiger partial charge in [-0.05, 0) is 48.8 Å². The number of ether oxygens (including phenoxy) is 3. The van der Waals surface area contributed by atoms with Crippen LogP contribution in [0.4, 0.5) is 0 Å². The molecule has 0 bridgehead atoms. The number of rotatable bonds is 5. The Morgan fingerprint density at radius 2 is 2.00 bits per heavy atom. The van der Waals surface area contributed by atoms with Gasteiger partial charge in [-0.2, -0.15) is 0 Å². The second-order valence-electron chi connectivity index (χ2n) is 8.70. The Kier molecular flexibility index (Phi) is 6.61. The summed E-state index contributed by atoms with van der Waals surface area (Å²) in [4.78, 5) is 13.3. The van der Waals surface area contributed by atoms with Gasteiger partial charge in [0.2, 0.25) is 5.79 Å². The van der Waals surface area contributed by atoms with E-state index in [0.717, 1.165) is 12.8 Å². The molecule has 1 aromatic rings. The number of carbonyl (C=O) groups is 1. The van der Waals surface area contributed by atoms with Gasteiger partial charge in [0.25, 0.3) is 0 Å². The standard InChI is InChI=1S/C23H33ClO4/c1-6-23(7-2)27-19-11-9-16(24)13-18(19)21(28-23)22(25)26-20-12-15(5)8-10-17(20)14(3)4/h9,11,13-15,17,20-21H,6-8,10,12H2,1-5H3/t15-,17+,20-,21+/m1/s1. The molecular weight excluding hydrogens is 376 g/mol. The largest absolute Gasteiger partial charge is 0.462 e. The van der Waals surface area contributed by atoms with E-state index in [2.05, 4.69) is 20.8 Å². The number of esters is 1. The maximum absolute atomic E-state index is 13.3. The maximum Gasteiger partial charge on any atom is 0.340 e. The molecule has 156 valence electrons. The molecule has 28 heavy (non-hydrogen) atoms. The highest BCUT2D eigenvalue weighted by Crippen LogP contribution is 2.44. The molecule has 1 saturated carbocycles. The van der Waals surface area contributed by atoms with Crippen LogP contribution in [0.2, 0.25) is 5.02 Å². The van der Waals surface area contributed by atoms with Gasteiger partial charge in [-0.15, -0.1) is 0 Å². The van der Waals surface area contributed by atoms with Gasteiger partial charge in [-0.25, -0.2) is 4.79 Å². The Morgan fingerprint density at radius 3 is 2.64 bits per heavy atom. The average molecular weight is 409 g/mol. The van der Waals surface area contributed by atoms with Crippen molar-refractivity contribution in [2.75, 3.05) is 0 Å². The maximum atomic E-state index is 13.3. The lowest BCUT2D eigenvalue weighted by Crippen LogP contribution is -2.46. The SMILES string of the molecule is CCC1(CC)Oc2ccc(Cl)cc2[C@@H](C(=O)O[C@@H]2C[C@H](C)CC[C@H]2C(C)C)O1. The van der Waals surface area contributed by atoms with E-state index >= 15 is 0 Å². The lowest BCUT2D eigenvalue weighted by Gasteiger charge is -2.42. The molecule has 1 aliphatic carbocycles. The molecule has 1 aliphatic heterocycles. The third-order valence-electron chi connectivity index (χ3n) is 6.40. The molecular formula is C23H33ClO4. The Balaban J connectivity index is 1.88. The summed E-state index contributed by atoms with van der Waals surface area (Å²) in [5.41, 5.74) is 0.653. The number of hydrogen-bond donors (Lipinski definition) is 0. The number of fused-ring (bicyclic) bond motifs is 1. The summed E-state index contributed by atoms with van der Waals surface area (Å²) >= 11 is 6.20. The first kappa shape index (κ1) is 21.4. The third-order valence-corrected chi connectivity index (χ3v) is 6.64. The number of halogens is 1. The molecule has 3 rings (SSSR count). The van der Waals surface area contributed by atoms with Gasteiger partial charge < -0.3 is 14.2 Å². The Bertz CT molecular complexity index is 698. The smallest absolute Gasteiger partial charge is 0.340 e. The van der Waals surface area contributed by atoms with E-state index in [4.69, 9.17) is 25.8 Å². The molecule has 0 spiro atoms. The zero-order chi connectivity index (χ0) is 20.5. The van der Waals surface area contributed by atoms with Crippen molar-refractivity contribution in [1.82, 2.24) is 0 Å². The van der Waals surface area contributed by atoms with Crippen molar-refractivity contribution in [3.8, 4) is 5.75 Å². The monoisotopic (exact) mass is 408 g/mol. The van der Waals surface area contributed by atoms with Crippen LogP contribution in [-0.2, 0) is 14.3 Å². The molecule has 4 nitrogen and oxygen atoms in total. The predicted molar refractivity (Wildman–Crippen MR) is 110 cm³/mol. The zero-order valence-corrected chi connectivity index (χ0v) is 18.4. The van der Waals surface area contributed by atoms with Gasteiger partial charge in [-0.3, -0.25) is 0 Å². The van der Waals surface area contributed by atoms with Crippen LogP contribution in [0.5, 0.6) is 5.75 Å². The van der Waals surface area contributed by atoms with Crippen LogP contribution in [0.15, 0.2) is 18.2 Å². The first-order valence-electron chi connectivity index (χ1n) is 10.6. The van der Waals surface area contributed by atoms with Gasteiger partial charge in [0.15, 0.2) is 6.10 Å². The van der Waals surface area contributed by atoms with E-state index in [1.807, 2.05) is 19.9 Å². The number of benzene rings is 1.